The molecule has 4 aromatic rings. The van der Waals surface area contributed by atoms with E-state index < -0.39 is 11.8 Å². The molecule has 2 amide bonds. The van der Waals surface area contributed by atoms with Gasteiger partial charge in [-0.15, -0.1) is 0 Å². The molecule has 0 bridgehead atoms. The Morgan fingerprint density at radius 1 is 1.07 bits per heavy atom. The Morgan fingerprint density at radius 3 is 2.61 bits per heavy atom. The molecule has 1 aliphatic heterocycles. The fourth-order valence-electron chi connectivity index (χ4n) is 4.88. The first-order valence-corrected chi connectivity index (χ1v) is 14.0. The van der Waals surface area contributed by atoms with E-state index in [2.05, 4.69) is 25.8 Å². The average molecular weight is 579 g/mol. The molecule has 214 valence electrons. The Bertz CT molecular complexity index is 1590. The number of nitrogens with one attached hydrogen (secondary N) is 3. The van der Waals surface area contributed by atoms with E-state index in [0.29, 0.717) is 23.6 Å². The van der Waals surface area contributed by atoms with Crippen LogP contribution in [0.4, 0.5) is 26.4 Å². The minimum atomic E-state index is -0.718. The van der Waals surface area contributed by atoms with Crippen molar-refractivity contribution in [2.24, 2.45) is 0 Å². The van der Waals surface area contributed by atoms with Crippen LogP contribution in [0, 0.1) is 5.82 Å². The molecule has 41 heavy (non-hydrogen) atoms. The third-order valence-electron chi connectivity index (χ3n) is 6.98. The zero-order valence-electron chi connectivity index (χ0n) is 22.8. The lowest BCUT2D eigenvalue weighted by atomic mass is 10.0. The van der Waals surface area contributed by atoms with Crippen LogP contribution >= 0.6 is 11.6 Å². The zero-order chi connectivity index (χ0) is 28.8. The number of ether oxygens (including phenoxy) is 1. The normalized spacial score (nSPS) is 13.7. The Labute approximate surface area is 242 Å². The Kier molecular flexibility index (Phi) is 9.13. The highest BCUT2D eigenvalue weighted by Gasteiger charge is 2.18. The number of anilines is 3. The molecule has 2 aromatic heterocycles. The molecule has 1 saturated heterocycles. The van der Waals surface area contributed by atoms with Crippen molar-refractivity contribution in [1.82, 2.24) is 14.5 Å². The van der Waals surface area contributed by atoms with E-state index in [1.54, 1.807) is 41.1 Å². The van der Waals surface area contributed by atoms with Crippen LogP contribution in [0.5, 0.6) is 0 Å². The summed E-state index contributed by atoms with van der Waals surface area (Å²) < 4.78 is 21.8. The average Bonchev–Trinajstić information content (AvgIpc) is 2.98. The van der Waals surface area contributed by atoms with Crippen LogP contribution < -0.4 is 21.5 Å². The van der Waals surface area contributed by atoms with E-state index in [-0.39, 0.29) is 21.8 Å². The van der Waals surface area contributed by atoms with Gasteiger partial charge in [0.2, 0.25) is 0 Å². The standard InChI is InChI=1S/C30H32ClFN6O3/c1-2-38-27-18-28(33-9-6-10-37-11-13-41-14-12-37)34-19-20(27)15-23(29(38)39)22-16-26(25(32)17-24(22)31)36-30(40)35-21-7-4-3-5-8-21/h3-5,7-8,15-19H,2,6,9-14H2,1H3,(H,33,34)(H2,35,36,40). The number of rotatable bonds is 9. The van der Waals surface area contributed by atoms with Crippen molar-refractivity contribution >= 4 is 45.7 Å². The summed E-state index contributed by atoms with van der Waals surface area (Å²) in [6.07, 6.45) is 2.67. The number of benzene rings is 2. The van der Waals surface area contributed by atoms with Crippen molar-refractivity contribution in [2.45, 2.75) is 19.9 Å². The fourth-order valence-corrected chi connectivity index (χ4v) is 5.13. The Hall–Kier alpha value is -3.99. The van der Waals surface area contributed by atoms with Gasteiger partial charge in [-0.25, -0.2) is 14.2 Å². The summed E-state index contributed by atoms with van der Waals surface area (Å²) >= 11 is 6.42. The predicted molar refractivity (Wildman–Crippen MR) is 162 cm³/mol. The molecule has 1 aliphatic rings. The molecule has 0 atom stereocenters. The van der Waals surface area contributed by atoms with Gasteiger partial charge in [-0.1, -0.05) is 29.8 Å². The third-order valence-corrected chi connectivity index (χ3v) is 7.29. The van der Waals surface area contributed by atoms with Gasteiger partial charge < -0.3 is 25.3 Å². The molecule has 9 nitrogen and oxygen atoms in total. The number of hydrogen-bond donors (Lipinski definition) is 3. The van der Waals surface area contributed by atoms with Crippen molar-refractivity contribution in [3.8, 4) is 11.1 Å². The molecule has 0 radical (unpaired) electrons. The second-order valence-electron chi connectivity index (χ2n) is 9.73. The lowest BCUT2D eigenvalue weighted by Crippen LogP contribution is -2.37. The number of urea groups is 1. The predicted octanol–water partition coefficient (Wildman–Crippen LogP) is 5.65. The van der Waals surface area contributed by atoms with E-state index in [1.807, 2.05) is 19.1 Å². The summed E-state index contributed by atoms with van der Waals surface area (Å²) in [5, 5.41) is 9.31. The number of fused-ring (bicyclic) bond motifs is 1. The maximum atomic E-state index is 14.8. The van der Waals surface area contributed by atoms with Crippen molar-refractivity contribution in [1.29, 1.82) is 0 Å². The van der Waals surface area contributed by atoms with E-state index in [0.717, 1.165) is 62.8 Å². The van der Waals surface area contributed by atoms with Crippen molar-refractivity contribution in [2.75, 3.05) is 55.3 Å². The fraction of sp³-hybridized carbons (Fsp3) is 0.300. The van der Waals surface area contributed by atoms with Gasteiger partial charge in [0.1, 0.15) is 11.6 Å². The van der Waals surface area contributed by atoms with Crippen molar-refractivity contribution in [3.63, 3.8) is 0 Å². The second kappa shape index (κ2) is 13.1. The quantitative estimate of drug-likeness (QED) is 0.222. The van der Waals surface area contributed by atoms with Gasteiger partial charge in [0.15, 0.2) is 0 Å². The number of aromatic nitrogens is 2. The van der Waals surface area contributed by atoms with Crippen molar-refractivity contribution in [3.05, 3.63) is 82.0 Å². The first kappa shape index (κ1) is 28.5. The lowest BCUT2D eigenvalue weighted by molar-refractivity contribution is 0.0378. The number of amides is 2. The second-order valence-corrected chi connectivity index (χ2v) is 10.1. The van der Waals surface area contributed by atoms with Crippen molar-refractivity contribution < 1.29 is 13.9 Å². The molecular weight excluding hydrogens is 547 g/mol. The maximum Gasteiger partial charge on any atom is 0.323 e. The molecule has 5 rings (SSSR count). The molecule has 2 aromatic carbocycles. The van der Waals surface area contributed by atoms with Gasteiger partial charge in [0.25, 0.3) is 5.56 Å². The van der Waals surface area contributed by atoms with E-state index in [9.17, 15) is 14.0 Å². The third kappa shape index (κ3) is 6.84. The van der Waals surface area contributed by atoms with E-state index >= 15 is 0 Å². The molecule has 3 heterocycles. The number of carbonyl (C=O) groups is 1. The van der Waals surface area contributed by atoms with Crippen LogP contribution in [0.15, 0.2) is 65.6 Å². The molecule has 11 heteroatoms. The van der Waals surface area contributed by atoms with E-state index in [1.165, 1.54) is 6.07 Å². The minimum Gasteiger partial charge on any atom is -0.379 e. The highest BCUT2D eigenvalue weighted by Crippen LogP contribution is 2.33. The summed E-state index contributed by atoms with van der Waals surface area (Å²) in [4.78, 5) is 33.1. The van der Waals surface area contributed by atoms with Crippen LogP contribution in [0.2, 0.25) is 5.02 Å². The lowest BCUT2D eigenvalue weighted by Gasteiger charge is -2.26. The maximum absolute atomic E-state index is 14.8. The largest absolute Gasteiger partial charge is 0.379 e. The number of hydrogen-bond acceptors (Lipinski definition) is 6. The molecule has 0 aliphatic carbocycles. The van der Waals surface area contributed by atoms with Crippen LogP contribution in [0.3, 0.4) is 0 Å². The minimum absolute atomic E-state index is 0.0575. The van der Waals surface area contributed by atoms with Gasteiger partial charge in [0.05, 0.1) is 29.4 Å². The SMILES string of the molecule is CCn1c(=O)c(-c2cc(NC(=O)Nc3ccccc3)c(F)cc2Cl)cc2cnc(NCCCN3CCOCC3)cc21. The van der Waals surface area contributed by atoms with Crippen LogP contribution in [0.25, 0.3) is 22.0 Å². The molecule has 0 spiro atoms. The molecule has 3 N–H and O–H groups in total. The monoisotopic (exact) mass is 578 g/mol. The Morgan fingerprint density at radius 2 is 1.85 bits per heavy atom. The van der Waals surface area contributed by atoms with Gasteiger partial charge in [-0.2, -0.15) is 0 Å². The first-order valence-electron chi connectivity index (χ1n) is 13.6. The van der Waals surface area contributed by atoms with Gasteiger partial charge >= 0.3 is 6.03 Å². The highest BCUT2D eigenvalue weighted by atomic mass is 35.5. The smallest absolute Gasteiger partial charge is 0.323 e. The molecule has 0 unspecified atom stereocenters. The van der Waals surface area contributed by atoms with Gasteiger partial charge in [-0.3, -0.25) is 9.69 Å². The topological polar surface area (TPSA) is 101 Å². The van der Waals surface area contributed by atoms with Crippen LogP contribution in [0.1, 0.15) is 13.3 Å². The zero-order valence-corrected chi connectivity index (χ0v) is 23.5. The number of pyridine rings is 2. The van der Waals surface area contributed by atoms with Crippen LogP contribution in [-0.4, -0.2) is 59.9 Å². The summed E-state index contributed by atoms with van der Waals surface area (Å²) in [6.45, 7) is 7.49. The van der Waals surface area contributed by atoms with Gasteiger partial charge in [-0.05, 0) is 50.2 Å². The molecule has 0 saturated carbocycles. The number of para-hydroxylation sites is 1. The Balaban J connectivity index is 1.37. The summed E-state index contributed by atoms with van der Waals surface area (Å²) in [6, 6.07) is 14.2. The molecule has 1 fully saturated rings. The first-order chi connectivity index (χ1) is 19.9. The summed E-state index contributed by atoms with van der Waals surface area (Å²) in [5.74, 6) is -0.0332. The number of nitrogens with zero attached hydrogens (tertiary/aromatic N) is 3. The number of halogens is 2. The number of carbonyl (C=O) groups excluding carboxylic acids is 1. The number of aryl methyl sites for hydroxylation is 1. The summed E-state index contributed by atoms with van der Waals surface area (Å²) in [7, 11) is 0. The van der Waals surface area contributed by atoms with Crippen LogP contribution in [-0.2, 0) is 11.3 Å². The summed E-state index contributed by atoms with van der Waals surface area (Å²) in [5.41, 5.74) is 1.49. The highest BCUT2D eigenvalue weighted by molar-refractivity contribution is 6.33. The van der Waals surface area contributed by atoms with Gasteiger partial charge in [0, 0.05) is 60.6 Å². The van der Waals surface area contributed by atoms with E-state index in [4.69, 9.17) is 16.3 Å². The molecular formula is C30H32ClFN6O3. The number of morpholine rings is 1.